The van der Waals surface area contributed by atoms with Crippen molar-refractivity contribution in [3.63, 3.8) is 0 Å². The molecule has 0 aliphatic heterocycles. The lowest BCUT2D eigenvalue weighted by Gasteiger charge is -1.99. The molecule has 0 saturated heterocycles. The molecular formula is C14H8Cl4N2. The fraction of sp³-hybridized carbons (Fsp3) is 0. The number of rotatable bonds is 3. The Balaban J connectivity index is 2.20. The van der Waals surface area contributed by atoms with Crippen LogP contribution in [0.1, 0.15) is 11.1 Å². The summed E-state index contributed by atoms with van der Waals surface area (Å²) in [6.45, 7) is 0. The van der Waals surface area contributed by atoms with E-state index in [1.807, 2.05) is 0 Å². The standard InChI is InChI=1S/C14H8Cl4N2/c15-11-3-1-4-12(16)9(11)7-19-20-8-10-13(17)5-2-6-14(10)18/h1-8H/b19-7-,20-8+. The van der Waals surface area contributed by atoms with Crippen LogP contribution in [0.15, 0.2) is 46.6 Å². The van der Waals surface area contributed by atoms with E-state index in [1.165, 1.54) is 12.4 Å². The van der Waals surface area contributed by atoms with Crippen molar-refractivity contribution in [2.45, 2.75) is 0 Å². The predicted octanol–water partition coefficient (Wildman–Crippen LogP) is 5.75. The molecule has 0 radical (unpaired) electrons. The lowest BCUT2D eigenvalue weighted by molar-refractivity contribution is 1.26. The molecule has 0 bridgehead atoms. The lowest BCUT2D eigenvalue weighted by Crippen LogP contribution is -1.86. The third-order valence-corrected chi connectivity index (χ3v) is 3.76. The largest absolute Gasteiger partial charge is 0.158 e. The number of halogens is 4. The molecule has 0 heterocycles. The molecule has 2 aromatic carbocycles. The molecule has 2 aromatic rings. The molecule has 6 heteroatoms. The maximum atomic E-state index is 6.01. The summed E-state index contributed by atoms with van der Waals surface area (Å²) in [5, 5.41) is 9.82. The smallest absolute Gasteiger partial charge is 0.0598 e. The van der Waals surface area contributed by atoms with Crippen LogP contribution in [0.25, 0.3) is 0 Å². The molecule has 0 saturated carbocycles. The predicted molar refractivity (Wildman–Crippen MR) is 88.1 cm³/mol. The van der Waals surface area contributed by atoms with Crippen LogP contribution in [-0.2, 0) is 0 Å². The summed E-state index contributed by atoms with van der Waals surface area (Å²) >= 11 is 24.0. The van der Waals surface area contributed by atoms with Gasteiger partial charge in [-0.05, 0) is 24.3 Å². The van der Waals surface area contributed by atoms with Gasteiger partial charge in [0.2, 0.25) is 0 Å². The average Bonchev–Trinajstić information content (AvgIpc) is 2.40. The highest BCUT2D eigenvalue weighted by Crippen LogP contribution is 2.23. The molecule has 0 N–H and O–H groups in total. The van der Waals surface area contributed by atoms with Gasteiger partial charge in [-0.25, -0.2) is 0 Å². The summed E-state index contributed by atoms with van der Waals surface area (Å²) in [6.07, 6.45) is 2.96. The number of nitrogens with zero attached hydrogens (tertiary/aromatic N) is 2. The molecule has 0 unspecified atom stereocenters. The summed E-state index contributed by atoms with van der Waals surface area (Å²) in [4.78, 5) is 0. The third kappa shape index (κ3) is 3.74. The van der Waals surface area contributed by atoms with E-state index in [-0.39, 0.29) is 0 Å². The second-order valence-electron chi connectivity index (χ2n) is 3.76. The van der Waals surface area contributed by atoms with Gasteiger partial charge in [-0.2, -0.15) is 10.2 Å². The number of hydrogen-bond acceptors (Lipinski definition) is 2. The van der Waals surface area contributed by atoms with Crippen LogP contribution < -0.4 is 0 Å². The van der Waals surface area contributed by atoms with Gasteiger partial charge in [-0.3, -0.25) is 0 Å². The molecule has 0 aromatic heterocycles. The molecule has 20 heavy (non-hydrogen) atoms. The summed E-state index contributed by atoms with van der Waals surface area (Å²) in [7, 11) is 0. The zero-order valence-corrected chi connectivity index (χ0v) is 13.0. The van der Waals surface area contributed by atoms with Crippen LogP contribution in [0.4, 0.5) is 0 Å². The number of hydrogen-bond donors (Lipinski definition) is 0. The normalized spacial score (nSPS) is 11.6. The Morgan fingerprint density at radius 2 is 0.900 bits per heavy atom. The van der Waals surface area contributed by atoms with Crippen molar-refractivity contribution in [2.24, 2.45) is 10.2 Å². The maximum absolute atomic E-state index is 6.01. The average molecular weight is 346 g/mol. The fourth-order valence-electron chi connectivity index (χ4n) is 1.45. The summed E-state index contributed by atoms with van der Waals surface area (Å²) in [6, 6.07) is 10.4. The van der Waals surface area contributed by atoms with Crippen molar-refractivity contribution in [1.29, 1.82) is 0 Å². The Hall–Kier alpha value is -1.06. The minimum Gasteiger partial charge on any atom is -0.158 e. The zero-order valence-electron chi connectivity index (χ0n) is 10.0. The first-order valence-corrected chi connectivity index (χ1v) is 7.05. The highest BCUT2D eigenvalue weighted by molar-refractivity contribution is 6.39. The van der Waals surface area contributed by atoms with Gasteiger partial charge < -0.3 is 0 Å². The summed E-state index contributed by atoms with van der Waals surface area (Å²) < 4.78 is 0. The van der Waals surface area contributed by atoms with Gasteiger partial charge in [-0.1, -0.05) is 58.5 Å². The van der Waals surface area contributed by atoms with Crippen molar-refractivity contribution in [3.8, 4) is 0 Å². The molecule has 102 valence electrons. The van der Waals surface area contributed by atoms with Crippen LogP contribution in [0.2, 0.25) is 20.1 Å². The molecule has 0 spiro atoms. The quantitative estimate of drug-likeness (QED) is 0.499. The van der Waals surface area contributed by atoms with Crippen LogP contribution >= 0.6 is 46.4 Å². The molecule has 0 fully saturated rings. The van der Waals surface area contributed by atoms with E-state index in [0.717, 1.165) is 0 Å². The minimum atomic E-state index is 0.507. The van der Waals surface area contributed by atoms with Gasteiger partial charge in [0.25, 0.3) is 0 Å². The second-order valence-corrected chi connectivity index (χ2v) is 5.39. The second kappa shape index (κ2) is 7.09. The monoisotopic (exact) mass is 344 g/mol. The van der Waals surface area contributed by atoms with Gasteiger partial charge in [0, 0.05) is 11.1 Å². The van der Waals surface area contributed by atoms with Crippen molar-refractivity contribution in [2.75, 3.05) is 0 Å². The van der Waals surface area contributed by atoms with Crippen molar-refractivity contribution in [3.05, 3.63) is 67.6 Å². The van der Waals surface area contributed by atoms with Gasteiger partial charge in [-0.15, -0.1) is 0 Å². The zero-order chi connectivity index (χ0) is 14.5. The molecule has 0 amide bonds. The van der Waals surface area contributed by atoms with Crippen molar-refractivity contribution in [1.82, 2.24) is 0 Å². The maximum Gasteiger partial charge on any atom is 0.0598 e. The van der Waals surface area contributed by atoms with E-state index in [9.17, 15) is 0 Å². The fourth-order valence-corrected chi connectivity index (χ4v) is 2.44. The van der Waals surface area contributed by atoms with Crippen molar-refractivity contribution < 1.29 is 0 Å². The molecule has 0 aliphatic rings. The molecule has 0 aliphatic carbocycles. The highest BCUT2D eigenvalue weighted by Gasteiger charge is 2.02. The van der Waals surface area contributed by atoms with E-state index in [1.54, 1.807) is 36.4 Å². The van der Waals surface area contributed by atoms with Gasteiger partial charge >= 0.3 is 0 Å². The molecule has 2 rings (SSSR count). The first kappa shape index (κ1) is 15.3. The van der Waals surface area contributed by atoms with Crippen molar-refractivity contribution >= 4 is 58.8 Å². The Morgan fingerprint density at radius 3 is 1.20 bits per heavy atom. The molecule has 0 atom stereocenters. The van der Waals surface area contributed by atoms with Crippen LogP contribution in [0.5, 0.6) is 0 Å². The Kier molecular flexibility index (Phi) is 5.44. The van der Waals surface area contributed by atoms with Gasteiger partial charge in [0.15, 0.2) is 0 Å². The first-order chi connectivity index (χ1) is 9.59. The topological polar surface area (TPSA) is 24.7 Å². The van der Waals surface area contributed by atoms with Crippen LogP contribution in [0, 0.1) is 0 Å². The molecular weight excluding hydrogens is 338 g/mol. The minimum absolute atomic E-state index is 0.507. The third-order valence-electron chi connectivity index (χ3n) is 2.44. The number of benzene rings is 2. The lowest BCUT2D eigenvalue weighted by atomic mass is 10.2. The molecule has 2 nitrogen and oxygen atoms in total. The SMILES string of the molecule is Clc1cccc(Cl)c1/C=N\N=C\c1c(Cl)cccc1Cl. The summed E-state index contributed by atoms with van der Waals surface area (Å²) in [5.74, 6) is 0. The van der Waals surface area contributed by atoms with E-state index in [4.69, 9.17) is 46.4 Å². The highest BCUT2D eigenvalue weighted by atomic mass is 35.5. The van der Waals surface area contributed by atoms with E-state index in [0.29, 0.717) is 31.2 Å². The Bertz CT molecular complexity index is 581. The van der Waals surface area contributed by atoms with Gasteiger partial charge in [0.05, 0.1) is 32.5 Å². The van der Waals surface area contributed by atoms with Gasteiger partial charge in [0.1, 0.15) is 0 Å². The van der Waals surface area contributed by atoms with Crippen LogP contribution in [-0.4, -0.2) is 12.4 Å². The van der Waals surface area contributed by atoms with E-state index < -0.39 is 0 Å². The van der Waals surface area contributed by atoms with E-state index >= 15 is 0 Å². The Morgan fingerprint density at radius 1 is 0.600 bits per heavy atom. The summed E-state index contributed by atoms with van der Waals surface area (Å²) in [5.41, 5.74) is 1.22. The van der Waals surface area contributed by atoms with Crippen LogP contribution in [0.3, 0.4) is 0 Å². The first-order valence-electron chi connectivity index (χ1n) is 5.54. The van der Waals surface area contributed by atoms with E-state index in [2.05, 4.69) is 10.2 Å². The Labute approximate surface area is 136 Å².